The Hall–Kier alpha value is -3.38. The van der Waals surface area contributed by atoms with Crippen molar-refractivity contribution in [2.75, 3.05) is 25.5 Å². The Morgan fingerprint density at radius 1 is 1.12 bits per heavy atom. The summed E-state index contributed by atoms with van der Waals surface area (Å²) in [5, 5.41) is 6.57. The summed E-state index contributed by atoms with van der Waals surface area (Å²) in [4.78, 5) is 6.84. The molecule has 4 heterocycles. The van der Waals surface area contributed by atoms with Gasteiger partial charge in [-0.25, -0.2) is 0 Å². The fourth-order valence-electron chi connectivity index (χ4n) is 6.39. The van der Waals surface area contributed by atoms with E-state index in [9.17, 15) is 26.3 Å². The van der Waals surface area contributed by atoms with Crippen LogP contribution >= 0.6 is 12.2 Å². The van der Waals surface area contributed by atoms with Crippen molar-refractivity contribution in [1.82, 2.24) is 15.2 Å². The third-order valence-corrected chi connectivity index (χ3v) is 8.76. The van der Waals surface area contributed by atoms with Crippen molar-refractivity contribution in [3.8, 4) is 5.75 Å². The average Bonchev–Trinajstić information content (AvgIpc) is 2.94. The number of benzene rings is 2. The predicted octanol–water partition coefficient (Wildman–Crippen LogP) is 7.60. The zero-order valence-electron chi connectivity index (χ0n) is 22.9. The van der Waals surface area contributed by atoms with Gasteiger partial charge >= 0.3 is 12.4 Å². The highest BCUT2D eigenvalue weighted by molar-refractivity contribution is 7.80. The number of piperidine rings is 3. The number of ether oxygens (including phenoxy) is 1. The number of nitrogens with one attached hydrogen (secondary N) is 2. The quantitative estimate of drug-likeness (QED) is 0.171. The second kappa shape index (κ2) is 11.0. The maximum absolute atomic E-state index is 13.5. The normalized spacial score (nSPS) is 24.7. The van der Waals surface area contributed by atoms with Crippen molar-refractivity contribution < 1.29 is 31.1 Å². The van der Waals surface area contributed by atoms with Crippen LogP contribution in [0.4, 0.5) is 32.0 Å². The van der Waals surface area contributed by atoms with Crippen LogP contribution in [0.15, 0.2) is 61.3 Å². The van der Waals surface area contributed by atoms with Crippen LogP contribution in [0.5, 0.6) is 5.75 Å². The van der Waals surface area contributed by atoms with Gasteiger partial charge in [0.15, 0.2) is 5.11 Å². The molecule has 0 aliphatic carbocycles. The SMILES string of the molecule is C=CC1CN2CCC1C[C@@]2(C)[C@@H](NC(=S)Nc1cc(C(F)(F)F)cc(C(F)(F)F)c1)c1ccnc2ccc(OC)cc12. The second-order valence-corrected chi connectivity index (χ2v) is 11.5. The van der Waals surface area contributed by atoms with Crippen LogP contribution < -0.4 is 15.4 Å². The largest absolute Gasteiger partial charge is 0.497 e. The van der Waals surface area contributed by atoms with Crippen LogP contribution in [0, 0.1) is 11.8 Å². The molecule has 3 aliphatic heterocycles. The summed E-state index contributed by atoms with van der Waals surface area (Å²) in [5.74, 6) is 1.30. The summed E-state index contributed by atoms with van der Waals surface area (Å²) in [5.41, 5.74) is -2.24. The van der Waals surface area contributed by atoms with E-state index in [2.05, 4.69) is 34.0 Å². The van der Waals surface area contributed by atoms with Gasteiger partial charge in [0, 0.05) is 29.4 Å². The summed E-state index contributed by atoms with van der Waals surface area (Å²) >= 11 is 5.55. The van der Waals surface area contributed by atoms with Gasteiger partial charge in [-0.05, 0) is 98.4 Å². The minimum Gasteiger partial charge on any atom is -0.497 e. The molecule has 5 nitrogen and oxygen atoms in total. The van der Waals surface area contributed by atoms with Crippen LogP contribution in [-0.4, -0.2) is 40.7 Å². The van der Waals surface area contributed by atoms with Crippen LogP contribution in [0.2, 0.25) is 0 Å². The smallest absolute Gasteiger partial charge is 0.416 e. The van der Waals surface area contributed by atoms with E-state index in [1.165, 1.54) is 0 Å². The molecule has 0 radical (unpaired) electrons. The van der Waals surface area contributed by atoms with Crippen molar-refractivity contribution >= 4 is 33.9 Å². The van der Waals surface area contributed by atoms with Gasteiger partial charge < -0.3 is 15.4 Å². The summed E-state index contributed by atoms with van der Waals surface area (Å²) < 4.78 is 86.4. The fraction of sp³-hybridized carbons (Fsp3) is 0.400. The molecule has 0 spiro atoms. The third-order valence-electron chi connectivity index (χ3n) is 8.54. The van der Waals surface area contributed by atoms with Gasteiger partial charge in [-0.1, -0.05) is 6.08 Å². The van der Waals surface area contributed by atoms with Crippen LogP contribution in [-0.2, 0) is 12.4 Å². The summed E-state index contributed by atoms with van der Waals surface area (Å²) in [6.07, 6.45) is -4.54. The van der Waals surface area contributed by atoms with Gasteiger partial charge in [-0.3, -0.25) is 9.88 Å². The molecule has 2 bridgehead atoms. The van der Waals surface area contributed by atoms with Gasteiger partial charge in [-0.2, -0.15) is 26.3 Å². The molecule has 1 aromatic heterocycles. The van der Waals surface area contributed by atoms with E-state index < -0.39 is 40.7 Å². The number of anilines is 1. The van der Waals surface area contributed by atoms with Gasteiger partial charge in [-0.15, -0.1) is 6.58 Å². The Bertz CT molecular complexity index is 1480. The number of alkyl halides is 6. The minimum absolute atomic E-state index is 0.0874. The first-order valence-electron chi connectivity index (χ1n) is 13.4. The average molecular weight is 609 g/mol. The van der Waals surface area contributed by atoms with E-state index in [1.807, 2.05) is 24.3 Å². The molecule has 3 unspecified atom stereocenters. The standard InChI is InChI=1S/C30H30F6N4OS/c1-4-17-16-40-10-8-18(17)15-28(40,2)26(23-7-9-37-25-6-5-22(41-3)14-24(23)25)39-27(42)38-21-12-19(29(31,32)33)11-20(13-21)30(34,35)36/h4-7,9,11-14,17-18,26H,1,8,10,15-16H2,2-3H3,(H2,38,39,42)/t17?,18?,26-,28-/m0/s1. The number of fused-ring (bicyclic) bond motifs is 4. The van der Waals surface area contributed by atoms with Crippen LogP contribution in [0.3, 0.4) is 0 Å². The molecule has 3 aliphatic rings. The van der Waals surface area contributed by atoms with E-state index in [1.54, 1.807) is 19.4 Å². The maximum Gasteiger partial charge on any atom is 0.416 e. The molecule has 3 aromatic rings. The molecular weight excluding hydrogens is 578 g/mol. The predicted molar refractivity (Wildman–Crippen MR) is 153 cm³/mol. The van der Waals surface area contributed by atoms with Crippen molar-refractivity contribution in [2.24, 2.45) is 11.8 Å². The molecule has 224 valence electrons. The Morgan fingerprint density at radius 2 is 1.81 bits per heavy atom. The number of halogens is 6. The molecule has 42 heavy (non-hydrogen) atoms. The Kier molecular flexibility index (Phi) is 7.90. The molecule has 5 atom stereocenters. The molecule has 3 fully saturated rings. The Morgan fingerprint density at radius 3 is 2.38 bits per heavy atom. The van der Waals surface area contributed by atoms with Crippen molar-refractivity contribution in [2.45, 2.75) is 43.7 Å². The van der Waals surface area contributed by atoms with E-state index in [0.29, 0.717) is 35.2 Å². The van der Waals surface area contributed by atoms with E-state index in [-0.39, 0.29) is 11.2 Å². The Labute approximate surface area is 244 Å². The highest BCUT2D eigenvalue weighted by Gasteiger charge is 2.51. The highest BCUT2D eigenvalue weighted by atomic mass is 32.1. The monoisotopic (exact) mass is 608 g/mol. The number of methoxy groups -OCH3 is 1. The minimum atomic E-state index is -4.98. The van der Waals surface area contributed by atoms with Crippen molar-refractivity contribution in [1.29, 1.82) is 0 Å². The highest BCUT2D eigenvalue weighted by Crippen LogP contribution is 2.49. The number of nitrogens with zero attached hydrogens (tertiary/aromatic N) is 2. The fourth-order valence-corrected chi connectivity index (χ4v) is 6.63. The second-order valence-electron chi connectivity index (χ2n) is 11.1. The number of aromatic nitrogens is 1. The van der Waals surface area contributed by atoms with Gasteiger partial charge in [0.1, 0.15) is 5.75 Å². The number of hydrogen-bond donors (Lipinski definition) is 2. The molecule has 3 saturated heterocycles. The maximum atomic E-state index is 13.5. The number of pyridine rings is 1. The zero-order chi connectivity index (χ0) is 30.4. The van der Waals surface area contributed by atoms with Crippen molar-refractivity contribution in [3.05, 3.63) is 78.0 Å². The van der Waals surface area contributed by atoms with Gasteiger partial charge in [0.25, 0.3) is 0 Å². The van der Waals surface area contributed by atoms with Gasteiger partial charge in [0.2, 0.25) is 0 Å². The first-order chi connectivity index (χ1) is 19.7. The third kappa shape index (κ3) is 5.78. The lowest BCUT2D eigenvalue weighted by Gasteiger charge is -2.58. The van der Waals surface area contributed by atoms with E-state index in [0.717, 1.165) is 36.9 Å². The summed E-state index contributed by atoms with van der Waals surface area (Å²) in [6, 6.07) is 8.16. The molecule has 2 N–H and O–H groups in total. The lowest BCUT2D eigenvalue weighted by molar-refractivity contribution is -0.143. The van der Waals surface area contributed by atoms with E-state index in [4.69, 9.17) is 17.0 Å². The molecule has 0 saturated carbocycles. The lowest BCUT2D eigenvalue weighted by Crippen LogP contribution is -2.65. The summed E-state index contributed by atoms with van der Waals surface area (Å²) in [7, 11) is 1.55. The zero-order valence-corrected chi connectivity index (χ0v) is 23.8. The van der Waals surface area contributed by atoms with E-state index >= 15 is 0 Å². The molecule has 0 amide bonds. The number of rotatable bonds is 6. The van der Waals surface area contributed by atoms with Crippen molar-refractivity contribution in [3.63, 3.8) is 0 Å². The molecular formula is C30H30F6N4OS. The first-order valence-corrected chi connectivity index (χ1v) is 13.8. The van der Waals surface area contributed by atoms with Gasteiger partial charge in [0.05, 0.1) is 29.8 Å². The lowest BCUT2D eigenvalue weighted by atomic mass is 9.66. The Balaban J connectivity index is 1.55. The van der Waals surface area contributed by atoms with Crippen LogP contribution in [0.1, 0.15) is 42.5 Å². The topological polar surface area (TPSA) is 49.4 Å². The molecule has 2 aromatic carbocycles. The molecule has 6 rings (SSSR count). The molecule has 12 heteroatoms. The summed E-state index contributed by atoms with van der Waals surface area (Å²) in [6.45, 7) is 7.72. The first kappa shape index (κ1) is 30.1. The number of thiocarbonyl (C=S) groups is 1. The van der Waals surface area contributed by atoms with Crippen LogP contribution in [0.25, 0.3) is 10.9 Å². The number of hydrogen-bond acceptors (Lipinski definition) is 4.